The van der Waals surface area contributed by atoms with E-state index in [1.54, 1.807) is 30.3 Å². The van der Waals surface area contributed by atoms with Crippen molar-refractivity contribution in [2.45, 2.75) is 31.7 Å². The normalized spacial score (nSPS) is 14.0. The van der Waals surface area contributed by atoms with E-state index in [1.165, 1.54) is 25.0 Å². The third kappa shape index (κ3) is 5.06. The zero-order valence-corrected chi connectivity index (χ0v) is 15.5. The van der Waals surface area contributed by atoms with E-state index < -0.39 is 4.92 Å². The number of hydrogen-bond donors (Lipinski definition) is 2. The summed E-state index contributed by atoms with van der Waals surface area (Å²) in [5, 5.41) is 18.5. The molecule has 2 aromatic rings. The monoisotopic (exact) mass is 391 g/mol. The van der Waals surface area contributed by atoms with Crippen molar-refractivity contribution in [1.82, 2.24) is 5.32 Å². The number of rotatable bonds is 5. The molecule has 0 bridgehead atoms. The molecule has 0 amide bonds. The molecule has 26 heavy (non-hydrogen) atoms. The van der Waals surface area contributed by atoms with Gasteiger partial charge in [-0.3, -0.25) is 10.1 Å². The molecule has 2 N–H and O–H groups in total. The van der Waals surface area contributed by atoms with Crippen molar-refractivity contribution in [2.75, 3.05) is 5.32 Å². The highest BCUT2D eigenvalue weighted by atomic mass is 35.5. The Morgan fingerprint density at radius 2 is 1.85 bits per heavy atom. The first-order valence-corrected chi connectivity index (χ1v) is 9.08. The molecule has 0 saturated heterocycles. The van der Waals surface area contributed by atoms with E-state index in [-0.39, 0.29) is 5.69 Å². The van der Waals surface area contributed by atoms with Gasteiger partial charge in [0.2, 0.25) is 0 Å². The van der Waals surface area contributed by atoms with Crippen molar-refractivity contribution in [3.8, 4) is 11.5 Å². The standard InChI is InChI=1S/C18H18ClN3O3S/c19-12-5-7-16(8-6-12)25-17-10-14(9-15(11-17)22(23)24)21-18(26)20-13-3-1-2-4-13/h5-11,13H,1-4H2,(H2,20,21,26). The number of nitro benzene ring substituents is 1. The molecule has 0 spiro atoms. The molecule has 1 aliphatic carbocycles. The Morgan fingerprint density at radius 3 is 2.50 bits per heavy atom. The summed E-state index contributed by atoms with van der Waals surface area (Å²) in [5.41, 5.74) is 0.418. The molecule has 0 aliphatic heterocycles. The lowest BCUT2D eigenvalue weighted by molar-refractivity contribution is -0.384. The molecule has 2 aromatic carbocycles. The van der Waals surface area contributed by atoms with Crippen LogP contribution in [0.2, 0.25) is 5.02 Å². The van der Waals surface area contributed by atoms with Crippen molar-refractivity contribution >= 4 is 40.3 Å². The van der Waals surface area contributed by atoms with Gasteiger partial charge in [-0.1, -0.05) is 24.4 Å². The van der Waals surface area contributed by atoms with Crippen LogP contribution in [0.15, 0.2) is 42.5 Å². The number of ether oxygens (including phenoxy) is 1. The quantitative estimate of drug-likeness (QED) is 0.410. The van der Waals surface area contributed by atoms with Crippen molar-refractivity contribution < 1.29 is 9.66 Å². The minimum absolute atomic E-state index is 0.0809. The van der Waals surface area contributed by atoms with Crippen LogP contribution in [0.3, 0.4) is 0 Å². The van der Waals surface area contributed by atoms with Crippen LogP contribution in [0.4, 0.5) is 11.4 Å². The van der Waals surface area contributed by atoms with Crippen molar-refractivity contribution in [3.05, 3.63) is 57.6 Å². The summed E-state index contributed by atoms with van der Waals surface area (Å²) in [7, 11) is 0. The zero-order chi connectivity index (χ0) is 18.5. The number of hydrogen-bond acceptors (Lipinski definition) is 4. The zero-order valence-electron chi connectivity index (χ0n) is 13.9. The van der Waals surface area contributed by atoms with Gasteiger partial charge in [0, 0.05) is 23.2 Å². The van der Waals surface area contributed by atoms with E-state index in [1.807, 2.05) is 0 Å². The molecule has 136 valence electrons. The number of nitrogens with zero attached hydrogens (tertiary/aromatic N) is 1. The second kappa shape index (κ2) is 8.33. The van der Waals surface area contributed by atoms with Gasteiger partial charge in [-0.25, -0.2) is 0 Å². The Morgan fingerprint density at radius 1 is 1.15 bits per heavy atom. The van der Waals surface area contributed by atoms with Crippen molar-refractivity contribution in [1.29, 1.82) is 0 Å². The van der Waals surface area contributed by atoms with Crippen LogP contribution in [0.1, 0.15) is 25.7 Å². The molecule has 0 aromatic heterocycles. The van der Waals surface area contributed by atoms with E-state index >= 15 is 0 Å². The summed E-state index contributed by atoms with van der Waals surface area (Å²) in [4.78, 5) is 10.8. The molecule has 0 radical (unpaired) electrons. The predicted octanol–water partition coefficient (Wildman–Crippen LogP) is 5.27. The third-order valence-electron chi connectivity index (χ3n) is 4.10. The molecular formula is C18H18ClN3O3S. The first-order chi connectivity index (χ1) is 12.5. The number of non-ortho nitro benzene ring substituents is 1. The van der Waals surface area contributed by atoms with E-state index in [4.69, 9.17) is 28.6 Å². The van der Waals surface area contributed by atoms with Crippen LogP contribution in [0.5, 0.6) is 11.5 Å². The van der Waals surface area contributed by atoms with Gasteiger partial charge in [0.05, 0.1) is 16.7 Å². The fourth-order valence-corrected chi connectivity index (χ4v) is 3.29. The Kier molecular flexibility index (Phi) is 5.90. The van der Waals surface area contributed by atoms with Crippen LogP contribution in [0, 0.1) is 10.1 Å². The number of benzene rings is 2. The Labute approximate surface area is 161 Å². The fourth-order valence-electron chi connectivity index (χ4n) is 2.88. The first kappa shape index (κ1) is 18.4. The van der Waals surface area contributed by atoms with Crippen molar-refractivity contribution in [3.63, 3.8) is 0 Å². The summed E-state index contributed by atoms with van der Waals surface area (Å²) >= 11 is 11.2. The molecule has 1 aliphatic rings. The first-order valence-electron chi connectivity index (χ1n) is 8.30. The lowest BCUT2D eigenvalue weighted by Gasteiger charge is -2.16. The Balaban J connectivity index is 1.75. The number of nitro groups is 1. The molecular weight excluding hydrogens is 374 g/mol. The topological polar surface area (TPSA) is 76.4 Å². The highest BCUT2D eigenvalue weighted by Crippen LogP contribution is 2.30. The molecule has 1 saturated carbocycles. The minimum Gasteiger partial charge on any atom is -0.457 e. The minimum atomic E-state index is -0.465. The summed E-state index contributed by atoms with van der Waals surface area (Å²) in [6.07, 6.45) is 4.55. The Hall–Kier alpha value is -2.38. The highest BCUT2D eigenvalue weighted by molar-refractivity contribution is 7.80. The van der Waals surface area contributed by atoms with Crippen LogP contribution in [-0.4, -0.2) is 16.1 Å². The van der Waals surface area contributed by atoms with Gasteiger partial charge in [-0.2, -0.15) is 0 Å². The summed E-state index contributed by atoms with van der Waals surface area (Å²) in [5.74, 6) is 0.875. The van der Waals surface area contributed by atoms with Gasteiger partial charge in [0.1, 0.15) is 11.5 Å². The van der Waals surface area contributed by atoms with Gasteiger partial charge in [0.25, 0.3) is 5.69 Å². The molecule has 0 atom stereocenters. The maximum atomic E-state index is 11.2. The molecule has 0 unspecified atom stereocenters. The van der Waals surface area contributed by atoms with E-state index in [0.29, 0.717) is 33.4 Å². The fraction of sp³-hybridized carbons (Fsp3) is 0.278. The molecule has 3 rings (SSSR count). The summed E-state index contributed by atoms with van der Waals surface area (Å²) in [6.45, 7) is 0. The van der Waals surface area contributed by atoms with Crippen molar-refractivity contribution in [2.24, 2.45) is 0 Å². The van der Waals surface area contributed by atoms with E-state index in [0.717, 1.165) is 12.8 Å². The van der Waals surface area contributed by atoms with Gasteiger partial charge in [0.15, 0.2) is 5.11 Å². The van der Waals surface area contributed by atoms with Crippen LogP contribution >= 0.6 is 23.8 Å². The summed E-state index contributed by atoms with van der Waals surface area (Å²) < 4.78 is 5.71. The van der Waals surface area contributed by atoms with Gasteiger partial charge in [-0.15, -0.1) is 0 Å². The SMILES string of the molecule is O=[N+]([O-])c1cc(NC(=S)NC2CCCC2)cc(Oc2ccc(Cl)cc2)c1. The lowest BCUT2D eigenvalue weighted by Crippen LogP contribution is -2.35. The molecule has 1 fully saturated rings. The van der Waals surface area contributed by atoms with E-state index in [2.05, 4.69) is 10.6 Å². The number of thiocarbonyl (C=S) groups is 1. The lowest BCUT2D eigenvalue weighted by atomic mass is 10.2. The van der Waals surface area contributed by atoms with Gasteiger partial charge < -0.3 is 15.4 Å². The second-order valence-corrected chi connectivity index (χ2v) is 6.95. The van der Waals surface area contributed by atoms with Gasteiger partial charge >= 0.3 is 0 Å². The number of anilines is 1. The highest BCUT2D eigenvalue weighted by Gasteiger charge is 2.17. The molecule has 8 heteroatoms. The van der Waals surface area contributed by atoms with Crippen LogP contribution in [-0.2, 0) is 0 Å². The van der Waals surface area contributed by atoms with Crippen LogP contribution in [0.25, 0.3) is 0 Å². The number of nitrogens with one attached hydrogen (secondary N) is 2. The largest absolute Gasteiger partial charge is 0.457 e. The average molecular weight is 392 g/mol. The smallest absolute Gasteiger partial charge is 0.275 e. The summed E-state index contributed by atoms with van der Waals surface area (Å²) in [6, 6.07) is 11.6. The molecule has 6 nitrogen and oxygen atoms in total. The third-order valence-corrected chi connectivity index (χ3v) is 4.57. The van der Waals surface area contributed by atoms with Gasteiger partial charge in [-0.05, 0) is 49.3 Å². The number of halogens is 1. The average Bonchev–Trinajstić information content (AvgIpc) is 3.09. The second-order valence-electron chi connectivity index (χ2n) is 6.11. The maximum Gasteiger partial charge on any atom is 0.275 e. The maximum absolute atomic E-state index is 11.2. The Bertz CT molecular complexity index is 808. The predicted molar refractivity (Wildman–Crippen MR) is 106 cm³/mol. The van der Waals surface area contributed by atoms with Crippen LogP contribution < -0.4 is 15.4 Å². The molecule has 0 heterocycles. The van der Waals surface area contributed by atoms with E-state index in [9.17, 15) is 10.1 Å².